The van der Waals surface area contributed by atoms with Gasteiger partial charge in [-0.25, -0.2) is 9.97 Å². The van der Waals surface area contributed by atoms with Gasteiger partial charge in [-0.2, -0.15) is 8.78 Å². The lowest BCUT2D eigenvalue weighted by atomic mass is 10.2. The molecular formula is C18H21F2N7. The number of halogens is 2. The minimum absolute atomic E-state index is 0.141. The molecule has 2 heterocycles. The lowest BCUT2D eigenvalue weighted by Crippen LogP contribution is -2.38. The molecule has 0 saturated heterocycles. The Bertz CT molecular complexity index is 886. The summed E-state index contributed by atoms with van der Waals surface area (Å²) in [4.78, 5) is 17.7. The predicted molar refractivity (Wildman–Crippen MR) is 99.2 cm³/mol. The number of hydrogen-bond acceptors (Lipinski definition) is 3. The molecule has 0 unspecified atom stereocenters. The third-order valence-corrected chi connectivity index (χ3v) is 4.04. The molecule has 0 aliphatic rings. The van der Waals surface area contributed by atoms with E-state index in [1.165, 1.54) is 12.4 Å². The highest BCUT2D eigenvalue weighted by Crippen LogP contribution is 2.16. The van der Waals surface area contributed by atoms with Crippen molar-refractivity contribution in [3.05, 3.63) is 60.6 Å². The zero-order chi connectivity index (χ0) is 19.2. The number of nitrogens with zero attached hydrogens (tertiary/aromatic N) is 5. The number of imidazole rings is 2. The van der Waals surface area contributed by atoms with E-state index in [0.717, 1.165) is 21.6 Å². The summed E-state index contributed by atoms with van der Waals surface area (Å²) in [6, 6.07) is 9.91. The zero-order valence-corrected chi connectivity index (χ0v) is 15.1. The fourth-order valence-electron chi connectivity index (χ4n) is 2.71. The highest BCUT2D eigenvalue weighted by molar-refractivity contribution is 5.79. The van der Waals surface area contributed by atoms with Crippen LogP contribution in [0.3, 0.4) is 0 Å². The number of rotatable bonds is 6. The van der Waals surface area contributed by atoms with Gasteiger partial charge in [-0.15, -0.1) is 0 Å². The van der Waals surface area contributed by atoms with Crippen molar-refractivity contribution in [2.75, 3.05) is 14.1 Å². The van der Waals surface area contributed by atoms with Crippen LogP contribution in [0.15, 0.2) is 53.9 Å². The molecule has 0 radical (unpaired) electrons. The quantitative estimate of drug-likeness (QED) is 0.515. The number of hydrogen-bond donors (Lipinski definition) is 2. The van der Waals surface area contributed by atoms with Gasteiger partial charge in [-0.05, 0) is 5.56 Å². The number of nitrogens with one attached hydrogen (secondary N) is 2. The lowest BCUT2D eigenvalue weighted by Gasteiger charge is -2.21. The van der Waals surface area contributed by atoms with Crippen LogP contribution in [-0.2, 0) is 13.1 Å². The predicted octanol–water partition coefficient (Wildman–Crippen LogP) is 2.88. The van der Waals surface area contributed by atoms with Crippen LogP contribution in [0.1, 0.15) is 18.2 Å². The molecule has 142 valence electrons. The molecule has 3 rings (SSSR count). The summed E-state index contributed by atoms with van der Waals surface area (Å²) in [6.45, 7) is -2.00. The van der Waals surface area contributed by atoms with Crippen molar-refractivity contribution in [2.24, 2.45) is 4.99 Å². The summed E-state index contributed by atoms with van der Waals surface area (Å²) in [5, 5.41) is 3.04. The standard InChI is InChI=1S/C18H21F2N7/c1-21-18(24-11-16-22-8-9-27(16)17(19)20)26(2)12-15-23-10-14(25-15)13-6-4-3-5-7-13/h3-10,17H,11-12H2,1-2H3,(H,21,24)(H,23,25). The van der Waals surface area contributed by atoms with Gasteiger partial charge in [0.1, 0.15) is 11.6 Å². The number of aliphatic imine (C=N–C) groups is 1. The smallest absolute Gasteiger partial charge is 0.319 e. The van der Waals surface area contributed by atoms with Crippen LogP contribution < -0.4 is 5.32 Å². The van der Waals surface area contributed by atoms with Crippen molar-refractivity contribution >= 4 is 5.96 Å². The Hall–Kier alpha value is -3.23. The number of guanidine groups is 1. The normalized spacial score (nSPS) is 11.8. The first-order chi connectivity index (χ1) is 13.1. The van der Waals surface area contributed by atoms with E-state index in [9.17, 15) is 8.78 Å². The van der Waals surface area contributed by atoms with Crippen molar-refractivity contribution in [3.63, 3.8) is 0 Å². The largest absolute Gasteiger partial charge is 0.349 e. The molecule has 27 heavy (non-hydrogen) atoms. The summed E-state index contributed by atoms with van der Waals surface area (Å²) in [6.07, 6.45) is 4.39. The second-order valence-corrected chi connectivity index (χ2v) is 5.89. The second-order valence-electron chi connectivity index (χ2n) is 5.89. The average Bonchev–Trinajstić information content (AvgIpc) is 3.32. The van der Waals surface area contributed by atoms with Crippen LogP contribution >= 0.6 is 0 Å². The van der Waals surface area contributed by atoms with Crippen molar-refractivity contribution in [1.82, 2.24) is 29.7 Å². The molecule has 0 aliphatic carbocycles. The third kappa shape index (κ3) is 4.49. The monoisotopic (exact) mass is 373 g/mol. The summed E-state index contributed by atoms with van der Waals surface area (Å²) in [5.74, 6) is 1.56. The summed E-state index contributed by atoms with van der Waals surface area (Å²) in [5.41, 5.74) is 1.99. The highest BCUT2D eigenvalue weighted by atomic mass is 19.3. The van der Waals surface area contributed by atoms with Crippen LogP contribution in [0.2, 0.25) is 0 Å². The van der Waals surface area contributed by atoms with Gasteiger partial charge in [-0.1, -0.05) is 30.3 Å². The number of benzene rings is 1. The fourth-order valence-corrected chi connectivity index (χ4v) is 2.71. The maximum atomic E-state index is 12.9. The number of aromatic nitrogens is 4. The molecule has 0 fully saturated rings. The van der Waals surface area contributed by atoms with Crippen LogP contribution in [0, 0.1) is 0 Å². The Labute approximate surface area is 155 Å². The molecule has 0 spiro atoms. The van der Waals surface area contributed by atoms with Gasteiger partial charge in [0.2, 0.25) is 0 Å². The van der Waals surface area contributed by atoms with Gasteiger partial charge in [0.05, 0.1) is 25.0 Å². The molecule has 0 aliphatic heterocycles. The highest BCUT2D eigenvalue weighted by Gasteiger charge is 2.14. The first-order valence-corrected chi connectivity index (χ1v) is 8.39. The van der Waals surface area contributed by atoms with Crippen molar-refractivity contribution in [1.29, 1.82) is 0 Å². The van der Waals surface area contributed by atoms with Gasteiger partial charge >= 0.3 is 6.55 Å². The first-order valence-electron chi connectivity index (χ1n) is 8.39. The fraction of sp³-hybridized carbons (Fsp3) is 0.278. The van der Waals surface area contributed by atoms with Crippen molar-refractivity contribution in [3.8, 4) is 11.3 Å². The van der Waals surface area contributed by atoms with E-state index in [2.05, 4.69) is 25.3 Å². The molecule has 0 atom stereocenters. The maximum absolute atomic E-state index is 12.9. The van der Waals surface area contributed by atoms with E-state index < -0.39 is 6.55 Å². The van der Waals surface area contributed by atoms with Crippen molar-refractivity contribution < 1.29 is 8.78 Å². The number of aromatic amines is 1. The van der Waals surface area contributed by atoms with Gasteiger partial charge in [0.25, 0.3) is 0 Å². The van der Waals surface area contributed by atoms with Crippen LogP contribution in [0.25, 0.3) is 11.3 Å². The van der Waals surface area contributed by atoms with E-state index in [0.29, 0.717) is 12.5 Å². The van der Waals surface area contributed by atoms with Crippen LogP contribution in [0.4, 0.5) is 8.78 Å². The van der Waals surface area contributed by atoms with E-state index in [4.69, 9.17) is 0 Å². The van der Waals surface area contributed by atoms with Crippen LogP contribution in [-0.4, -0.2) is 44.5 Å². The topological polar surface area (TPSA) is 74.1 Å². The SMILES string of the molecule is CN=C(NCc1nccn1C(F)F)N(C)Cc1ncc(-c2ccccc2)[nH]1. The lowest BCUT2D eigenvalue weighted by molar-refractivity contribution is 0.0668. The number of H-pyrrole nitrogens is 1. The molecule has 0 bridgehead atoms. The minimum atomic E-state index is -2.62. The van der Waals surface area contributed by atoms with E-state index >= 15 is 0 Å². The van der Waals surface area contributed by atoms with Crippen LogP contribution in [0.5, 0.6) is 0 Å². The number of alkyl halides is 2. The second kappa shape index (κ2) is 8.43. The first kappa shape index (κ1) is 18.6. The molecule has 7 nitrogen and oxygen atoms in total. The molecule has 0 saturated carbocycles. The Morgan fingerprint density at radius 2 is 2.07 bits per heavy atom. The van der Waals surface area contributed by atoms with E-state index in [1.807, 2.05) is 42.3 Å². The average molecular weight is 373 g/mol. The molecular weight excluding hydrogens is 352 g/mol. The van der Waals surface area contributed by atoms with E-state index in [1.54, 1.807) is 13.2 Å². The summed E-state index contributed by atoms with van der Waals surface area (Å²) < 4.78 is 26.6. The molecule has 1 aromatic carbocycles. The molecule has 2 aromatic heterocycles. The van der Waals surface area contributed by atoms with Gasteiger partial charge in [-0.3, -0.25) is 9.56 Å². The van der Waals surface area contributed by atoms with Gasteiger partial charge in [0, 0.05) is 26.5 Å². The maximum Gasteiger partial charge on any atom is 0.319 e. The van der Waals surface area contributed by atoms with Gasteiger partial charge < -0.3 is 15.2 Å². The molecule has 0 amide bonds. The Kier molecular flexibility index (Phi) is 5.80. The third-order valence-electron chi connectivity index (χ3n) is 4.04. The molecule has 3 aromatic rings. The Morgan fingerprint density at radius 1 is 1.30 bits per heavy atom. The molecule has 2 N–H and O–H groups in total. The summed E-state index contributed by atoms with van der Waals surface area (Å²) in [7, 11) is 3.48. The zero-order valence-electron chi connectivity index (χ0n) is 15.1. The summed E-state index contributed by atoms with van der Waals surface area (Å²) >= 11 is 0. The Balaban J connectivity index is 1.61. The molecule has 9 heteroatoms. The van der Waals surface area contributed by atoms with E-state index in [-0.39, 0.29) is 12.4 Å². The van der Waals surface area contributed by atoms with Gasteiger partial charge in [0.15, 0.2) is 5.96 Å². The van der Waals surface area contributed by atoms with Crippen molar-refractivity contribution in [2.45, 2.75) is 19.6 Å². The minimum Gasteiger partial charge on any atom is -0.349 e. The Morgan fingerprint density at radius 3 is 2.78 bits per heavy atom.